The third-order valence-corrected chi connectivity index (χ3v) is 4.95. The van der Waals surface area contributed by atoms with E-state index in [-0.39, 0.29) is 12.5 Å². The topological polar surface area (TPSA) is 84.7 Å². The molecule has 0 aliphatic carbocycles. The Kier molecular flexibility index (Phi) is 7.40. The lowest BCUT2D eigenvalue weighted by atomic mass is 9.80. The molecule has 3 rings (SSSR count). The third-order valence-electron chi connectivity index (χ3n) is 4.95. The van der Waals surface area contributed by atoms with E-state index in [1.807, 2.05) is 97.9 Å². The van der Waals surface area contributed by atoms with Crippen LogP contribution in [0.3, 0.4) is 0 Å². The fraction of sp³-hybridized carbons (Fsp3) is 0.200. The second kappa shape index (κ2) is 10.4. The summed E-state index contributed by atoms with van der Waals surface area (Å²) in [4.78, 5) is 24.3. The van der Waals surface area contributed by atoms with Gasteiger partial charge in [-0.1, -0.05) is 97.9 Å². The first kappa shape index (κ1) is 22.1. The van der Waals surface area contributed by atoms with Crippen molar-refractivity contribution in [3.05, 3.63) is 108 Å². The van der Waals surface area contributed by atoms with E-state index in [2.05, 4.69) is 5.43 Å². The van der Waals surface area contributed by atoms with Crippen molar-refractivity contribution in [2.24, 2.45) is 5.73 Å². The summed E-state index contributed by atoms with van der Waals surface area (Å²) >= 11 is 0. The van der Waals surface area contributed by atoms with E-state index in [1.54, 1.807) is 0 Å². The first-order chi connectivity index (χ1) is 15.1. The van der Waals surface area contributed by atoms with Gasteiger partial charge in [0.1, 0.15) is 12.2 Å². The maximum absolute atomic E-state index is 12.9. The van der Waals surface area contributed by atoms with Crippen LogP contribution in [0.5, 0.6) is 0 Å². The number of benzene rings is 3. The molecule has 0 saturated heterocycles. The van der Waals surface area contributed by atoms with Crippen molar-refractivity contribution in [3.8, 4) is 0 Å². The summed E-state index contributed by atoms with van der Waals surface area (Å²) < 4.78 is 6.48. The number of amides is 3. The Bertz CT molecular complexity index is 882. The fourth-order valence-corrected chi connectivity index (χ4v) is 3.62. The van der Waals surface area contributed by atoms with Crippen molar-refractivity contribution in [2.75, 3.05) is 13.2 Å². The maximum atomic E-state index is 12.9. The van der Waals surface area contributed by atoms with Gasteiger partial charge in [-0.2, -0.15) is 0 Å². The smallest absolute Gasteiger partial charge is 0.331 e. The molecular formula is C25H27N3O3. The van der Waals surface area contributed by atoms with Gasteiger partial charge in [-0.05, 0) is 23.1 Å². The fourth-order valence-electron chi connectivity index (χ4n) is 3.62. The number of ether oxygens (including phenoxy) is 1. The van der Waals surface area contributed by atoms with Crippen LogP contribution in [-0.2, 0) is 15.1 Å². The molecule has 3 aromatic carbocycles. The second-order valence-corrected chi connectivity index (χ2v) is 7.09. The predicted molar refractivity (Wildman–Crippen MR) is 120 cm³/mol. The van der Waals surface area contributed by atoms with E-state index in [1.165, 1.54) is 5.01 Å². The first-order valence-electron chi connectivity index (χ1n) is 10.2. The van der Waals surface area contributed by atoms with Crippen LogP contribution in [-0.4, -0.2) is 30.1 Å². The van der Waals surface area contributed by atoms with Gasteiger partial charge in [0.05, 0.1) is 0 Å². The third kappa shape index (κ3) is 5.10. The Balaban J connectivity index is 2.06. The first-order valence-corrected chi connectivity index (χ1v) is 10.2. The molecule has 3 amide bonds. The Morgan fingerprint density at radius 3 is 1.61 bits per heavy atom. The zero-order valence-electron chi connectivity index (χ0n) is 17.5. The number of rotatable bonds is 8. The monoisotopic (exact) mass is 417 g/mol. The number of hydrazine groups is 1. The number of nitrogens with one attached hydrogen (secondary N) is 1. The van der Waals surface area contributed by atoms with Crippen LogP contribution < -0.4 is 11.2 Å². The molecule has 0 aliphatic rings. The molecule has 3 N–H and O–H groups in total. The average molecular weight is 418 g/mol. The zero-order valence-corrected chi connectivity index (χ0v) is 17.5. The number of carbonyl (C=O) groups excluding carboxylic acids is 2. The molecule has 0 aliphatic heterocycles. The highest BCUT2D eigenvalue weighted by molar-refractivity contribution is 5.81. The highest BCUT2D eigenvalue weighted by Gasteiger charge is 2.38. The van der Waals surface area contributed by atoms with Crippen LogP contribution in [0, 0.1) is 0 Å². The minimum Gasteiger partial charge on any atom is -0.351 e. The SMILES string of the molecule is CCCN(NC(N)=O)C(=O)COC(c1ccccc1)(c1ccccc1)c1ccccc1. The van der Waals surface area contributed by atoms with Gasteiger partial charge in [-0.25, -0.2) is 10.2 Å². The molecule has 0 heterocycles. The predicted octanol–water partition coefficient (Wildman–Crippen LogP) is 3.82. The molecule has 0 aromatic heterocycles. The lowest BCUT2D eigenvalue weighted by Crippen LogP contribution is -2.50. The maximum Gasteiger partial charge on any atom is 0.331 e. The van der Waals surface area contributed by atoms with Crippen molar-refractivity contribution in [3.63, 3.8) is 0 Å². The van der Waals surface area contributed by atoms with Gasteiger partial charge in [0.15, 0.2) is 0 Å². The molecule has 6 heteroatoms. The van der Waals surface area contributed by atoms with Crippen LogP contribution in [0.1, 0.15) is 30.0 Å². The summed E-state index contributed by atoms with van der Waals surface area (Å²) in [5.41, 5.74) is 9.28. The molecule has 0 unspecified atom stereocenters. The molecule has 0 atom stereocenters. The zero-order chi connectivity index (χ0) is 22.1. The molecule has 31 heavy (non-hydrogen) atoms. The number of carbonyl (C=O) groups is 2. The lowest BCUT2D eigenvalue weighted by Gasteiger charge is -2.36. The average Bonchev–Trinajstić information content (AvgIpc) is 2.81. The molecule has 0 fully saturated rings. The van der Waals surface area contributed by atoms with Crippen molar-refractivity contribution in [2.45, 2.75) is 18.9 Å². The summed E-state index contributed by atoms with van der Waals surface area (Å²) in [5, 5.41) is 1.20. The minimum atomic E-state index is -1.01. The van der Waals surface area contributed by atoms with E-state index < -0.39 is 11.6 Å². The minimum absolute atomic E-state index is 0.251. The highest BCUT2D eigenvalue weighted by atomic mass is 16.5. The van der Waals surface area contributed by atoms with Gasteiger partial charge < -0.3 is 10.5 Å². The van der Waals surface area contributed by atoms with E-state index in [4.69, 9.17) is 10.5 Å². The summed E-state index contributed by atoms with van der Waals surface area (Å²) in [6.07, 6.45) is 0.660. The molecule has 6 nitrogen and oxygen atoms in total. The van der Waals surface area contributed by atoms with Gasteiger partial charge in [0.2, 0.25) is 0 Å². The Hall–Kier alpha value is -3.64. The van der Waals surface area contributed by atoms with Crippen molar-refractivity contribution >= 4 is 11.9 Å². The van der Waals surface area contributed by atoms with Crippen molar-refractivity contribution in [1.29, 1.82) is 0 Å². The summed E-state index contributed by atoms with van der Waals surface area (Å²) in [5.74, 6) is -0.382. The Labute approximate surface area is 182 Å². The summed E-state index contributed by atoms with van der Waals surface area (Å²) in [6, 6.07) is 28.6. The van der Waals surface area contributed by atoms with Crippen molar-refractivity contribution < 1.29 is 14.3 Å². The van der Waals surface area contributed by atoms with Crippen LogP contribution in [0.4, 0.5) is 4.79 Å². The second-order valence-electron chi connectivity index (χ2n) is 7.09. The van der Waals surface area contributed by atoms with Crippen LogP contribution in [0.25, 0.3) is 0 Å². The molecule has 0 radical (unpaired) electrons. The molecule has 160 valence electrons. The van der Waals surface area contributed by atoms with Crippen LogP contribution in [0.2, 0.25) is 0 Å². The van der Waals surface area contributed by atoms with Gasteiger partial charge in [-0.3, -0.25) is 9.80 Å². The standard InChI is InChI=1S/C25H27N3O3/c1-2-18-28(27-24(26)30)23(29)19-31-25(20-12-6-3-7-13-20,21-14-8-4-9-15-21)22-16-10-5-11-17-22/h3-17H,2,18-19H2,1H3,(H3,26,27,30). The number of urea groups is 1. The molecule has 0 spiro atoms. The van der Waals surface area contributed by atoms with Crippen LogP contribution >= 0.6 is 0 Å². The van der Waals surface area contributed by atoms with Gasteiger partial charge in [0.25, 0.3) is 5.91 Å². The number of primary amides is 1. The normalized spacial score (nSPS) is 11.0. The highest BCUT2D eigenvalue weighted by Crippen LogP contribution is 2.40. The van der Waals surface area contributed by atoms with E-state index >= 15 is 0 Å². The van der Waals surface area contributed by atoms with Gasteiger partial charge in [0, 0.05) is 6.54 Å². The number of nitrogens with zero attached hydrogens (tertiary/aromatic N) is 1. The van der Waals surface area contributed by atoms with E-state index in [0.29, 0.717) is 13.0 Å². The number of hydrogen-bond donors (Lipinski definition) is 2. The lowest BCUT2D eigenvalue weighted by molar-refractivity contribution is -0.142. The van der Waals surface area contributed by atoms with Gasteiger partial charge in [-0.15, -0.1) is 0 Å². The van der Waals surface area contributed by atoms with Crippen LogP contribution in [0.15, 0.2) is 91.0 Å². The van der Waals surface area contributed by atoms with Gasteiger partial charge >= 0.3 is 6.03 Å². The molecule has 3 aromatic rings. The van der Waals surface area contributed by atoms with Crippen molar-refractivity contribution in [1.82, 2.24) is 10.4 Å². The summed E-state index contributed by atoms with van der Waals surface area (Å²) in [6.45, 7) is 1.99. The Morgan fingerprint density at radius 2 is 1.26 bits per heavy atom. The van der Waals surface area contributed by atoms with E-state index in [9.17, 15) is 9.59 Å². The number of nitrogens with two attached hydrogens (primary N) is 1. The number of hydrogen-bond acceptors (Lipinski definition) is 3. The molecule has 0 bridgehead atoms. The summed E-state index contributed by atoms with van der Waals surface area (Å²) in [7, 11) is 0. The molecular weight excluding hydrogens is 390 g/mol. The molecule has 0 saturated carbocycles. The largest absolute Gasteiger partial charge is 0.351 e. The Morgan fingerprint density at radius 1 is 0.839 bits per heavy atom. The van der Waals surface area contributed by atoms with E-state index in [0.717, 1.165) is 16.7 Å². The quantitative estimate of drug-likeness (QED) is 0.432.